The van der Waals surface area contributed by atoms with Crippen molar-refractivity contribution in [2.45, 2.75) is 18.8 Å². The van der Waals surface area contributed by atoms with Gasteiger partial charge >= 0.3 is 15.2 Å². The molecule has 226 valence electrons. The van der Waals surface area contributed by atoms with Crippen LogP contribution in [0.1, 0.15) is 44.9 Å². The van der Waals surface area contributed by atoms with Crippen LogP contribution in [-0.2, 0) is 31.6 Å². The Morgan fingerprint density at radius 3 is 1.80 bits per heavy atom. The van der Waals surface area contributed by atoms with E-state index in [0.29, 0.717) is 54.0 Å². The van der Waals surface area contributed by atoms with Crippen LogP contribution in [0.3, 0.4) is 0 Å². The van der Waals surface area contributed by atoms with Crippen LogP contribution in [0.4, 0.5) is 22.7 Å². The summed E-state index contributed by atoms with van der Waals surface area (Å²) in [6, 6.07) is 17.2. The fraction of sp³-hybridized carbons (Fsp3) is 0.0909. The Morgan fingerprint density at radius 1 is 0.667 bits per heavy atom. The number of aryl methyl sites for hydroxylation is 1. The number of amides is 2. The molecule has 1 unspecified atom stereocenters. The predicted octanol–water partition coefficient (Wildman–Crippen LogP) is 4.62. The number of carbonyl (C=O) groups excluding carboxylic acids is 2. The van der Waals surface area contributed by atoms with Crippen molar-refractivity contribution < 1.29 is 38.3 Å². The van der Waals surface area contributed by atoms with Gasteiger partial charge in [0.25, 0.3) is 0 Å². The third kappa shape index (κ3) is 4.84. The van der Waals surface area contributed by atoms with Crippen molar-refractivity contribution in [2.24, 2.45) is 0 Å². The average molecular weight is 641 g/mol. The molecule has 7 rings (SSSR count). The lowest BCUT2D eigenvalue weighted by atomic mass is 9.86. The lowest BCUT2D eigenvalue weighted by Crippen LogP contribution is -2.25. The second-order valence-corrected chi connectivity index (χ2v) is 14.3. The molecule has 0 fully saturated rings. The van der Waals surface area contributed by atoms with Crippen LogP contribution in [0.5, 0.6) is 0 Å². The van der Waals surface area contributed by atoms with Crippen LogP contribution < -0.4 is 20.4 Å². The third-order valence-corrected chi connectivity index (χ3v) is 10.6. The molecule has 10 nitrogen and oxygen atoms in total. The van der Waals surface area contributed by atoms with Gasteiger partial charge in [0, 0.05) is 22.9 Å². The summed E-state index contributed by atoms with van der Waals surface area (Å²) >= 11 is 0. The zero-order valence-electron chi connectivity index (χ0n) is 23.5. The van der Waals surface area contributed by atoms with Crippen molar-refractivity contribution in [2.75, 3.05) is 9.80 Å². The van der Waals surface area contributed by atoms with Gasteiger partial charge in [0.15, 0.2) is 0 Å². The highest BCUT2D eigenvalue weighted by atomic mass is 31.2. The molecule has 2 amide bonds. The molecule has 45 heavy (non-hydrogen) atoms. The largest absolute Gasteiger partial charge is 0.356 e. The topological polar surface area (TPSA) is 156 Å². The maximum atomic E-state index is 13.1. The molecule has 0 aromatic heterocycles. The van der Waals surface area contributed by atoms with Gasteiger partial charge in [0.05, 0.1) is 22.0 Å². The summed E-state index contributed by atoms with van der Waals surface area (Å²) in [5.74, 6) is -0.0864. The molecule has 0 radical (unpaired) electrons. The molecule has 0 saturated heterocycles. The van der Waals surface area contributed by atoms with E-state index < -0.39 is 15.2 Å². The van der Waals surface area contributed by atoms with E-state index in [9.17, 15) is 38.3 Å². The minimum Gasteiger partial charge on any atom is -0.321 e. The lowest BCUT2D eigenvalue weighted by Gasteiger charge is -2.32. The smallest absolute Gasteiger partial charge is 0.321 e. The number of fused-ring (bicyclic) bond motifs is 1. The van der Waals surface area contributed by atoms with Gasteiger partial charge < -0.3 is 19.6 Å². The maximum absolute atomic E-state index is 13.1. The highest BCUT2D eigenvalue weighted by Crippen LogP contribution is 2.54. The SMILES string of the molecule is O=CN(c1ccc(P(=O)(O)O)cc1)c1c2c3c4c(c1N(C=O)c1ccc(P(=O)(O)O)cc1)CCc1ccc(cc1C4C=C3)C=C2. The van der Waals surface area contributed by atoms with Crippen molar-refractivity contribution in [3.05, 3.63) is 112 Å². The Bertz CT molecular complexity index is 2060. The summed E-state index contributed by atoms with van der Waals surface area (Å²) in [6.07, 6.45) is 10.4. The highest BCUT2D eigenvalue weighted by molar-refractivity contribution is 7.60. The summed E-state index contributed by atoms with van der Waals surface area (Å²) in [4.78, 5) is 67.6. The van der Waals surface area contributed by atoms with E-state index in [2.05, 4.69) is 24.3 Å². The van der Waals surface area contributed by atoms with Crippen LogP contribution in [0.25, 0.3) is 18.2 Å². The number of carbonyl (C=O) groups is 2. The molecule has 4 aromatic carbocycles. The van der Waals surface area contributed by atoms with Crippen molar-refractivity contribution >= 4 is 79.6 Å². The summed E-state index contributed by atoms with van der Waals surface area (Å²) in [5.41, 5.74) is 8.21. The van der Waals surface area contributed by atoms with E-state index in [1.54, 1.807) is 0 Å². The Morgan fingerprint density at radius 2 is 1.24 bits per heavy atom. The number of benzene rings is 4. The van der Waals surface area contributed by atoms with Crippen LogP contribution in [0.15, 0.2) is 72.8 Å². The van der Waals surface area contributed by atoms with Gasteiger partial charge in [-0.2, -0.15) is 0 Å². The summed E-state index contributed by atoms with van der Waals surface area (Å²) in [6.45, 7) is 0. The van der Waals surface area contributed by atoms with Crippen LogP contribution in [-0.4, -0.2) is 32.4 Å². The molecule has 0 heterocycles. The average Bonchev–Trinajstić information content (AvgIpc) is 3.38. The van der Waals surface area contributed by atoms with Crippen LogP contribution in [0, 0.1) is 0 Å². The van der Waals surface area contributed by atoms with E-state index >= 15 is 0 Å². The van der Waals surface area contributed by atoms with Gasteiger partial charge in [-0.05, 0) is 94.8 Å². The van der Waals surface area contributed by atoms with E-state index in [4.69, 9.17) is 0 Å². The third-order valence-electron chi connectivity index (χ3n) is 8.65. The normalized spacial score (nSPS) is 15.8. The molecule has 3 aliphatic rings. The number of rotatable bonds is 8. The number of nitrogens with zero attached hydrogens (tertiary/aromatic N) is 2. The maximum Gasteiger partial charge on any atom is 0.356 e. The van der Waals surface area contributed by atoms with Crippen LogP contribution in [0.2, 0.25) is 0 Å². The first kappa shape index (κ1) is 29.3. The second kappa shape index (κ2) is 10.6. The summed E-state index contributed by atoms with van der Waals surface area (Å²) in [5, 5.41) is -0.405. The number of hydrogen-bond acceptors (Lipinski definition) is 4. The van der Waals surface area contributed by atoms with E-state index in [0.717, 1.165) is 22.3 Å². The molecular formula is C33H26N2O8P2. The highest BCUT2D eigenvalue weighted by Gasteiger charge is 2.37. The monoisotopic (exact) mass is 640 g/mol. The van der Waals surface area contributed by atoms with Crippen LogP contribution >= 0.6 is 15.2 Å². The van der Waals surface area contributed by atoms with E-state index in [1.165, 1.54) is 69.5 Å². The van der Waals surface area contributed by atoms with Gasteiger partial charge in [0.2, 0.25) is 12.8 Å². The predicted molar refractivity (Wildman–Crippen MR) is 173 cm³/mol. The van der Waals surface area contributed by atoms with Gasteiger partial charge in [-0.15, -0.1) is 0 Å². The molecule has 0 aliphatic heterocycles. The zero-order valence-corrected chi connectivity index (χ0v) is 25.3. The van der Waals surface area contributed by atoms with Gasteiger partial charge in [-0.25, -0.2) is 0 Å². The molecule has 0 saturated carbocycles. The quantitative estimate of drug-likeness (QED) is 0.161. The second-order valence-electron chi connectivity index (χ2n) is 11.1. The number of allylic oxidation sites excluding steroid dienone is 1. The Hall–Kier alpha value is -4.40. The van der Waals surface area contributed by atoms with Gasteiger partial charge in [0.1, 0.15) is 0 Å². The minimum atomic E-state index is -4.54. The fourth-order valence-corrected chi connectivity index (χ4v) is 7.69. The number of hydrogen-bond donors (Lipinski definition) is 4. The molecule has 12 heteroatoms. The first-order chi connectivity index (χ1) is 21.5. The number of anilines is 4. The minimum absolute atomic E-state index is 0.0864. The summed E-state index contributed by atoms with van der Waals surface area (Å²) in [7, 11) is -9.08. The Kier molecular flexibility index (Phi) is 6.91. The molecule has 0 spiro atoms. The summed E-state index contributed by atoms with van der Waals surface area (Å²) < 4.78 is 23.8. The van der Waals surface area contributed by atoms with E-state index in [-0.39, 0.29) is 16.5 Å². The first-order valence-corrected chi connectivity index (χ1v) is 17.3. The standard InChI is InChI=1S/C33H26N2O8P2/c36-18-34(22-5-9-24(10-6-22)44(38,39)40)32-28-13-2-20-1-3-21-4-14-29(31-26(28)15-16-27(31)30(21)17-20)33(32)35(19-37)23-7-11-25(12-8-23)45(41,42)43/h1-3,5-13,15-19,27H,4,14H2,(H2,38,39,40)(H2,41,42,43). The zero-order chi connectivity index (χ0) is 31.7. The van der Waals surface area contributed by atoms with Crippen molar-refractivity contribution in [1.82, 2.24) is 0 Å². The Labute approximate surface area is 257 Å². The fourth-order valence-electron chi connectivity index (χ4n) is 6.61. The van der Waals surface area contributed by atoms with Gasteiger partial charge in [-0.1, -0.05) is 42.5 Å². The molecule has 6 bridgehead atoms. The van der Waals surface area contributed by atoms with Crippen molar-refractivity contribution in [1.29, 1.82) is 0 Å². The Balaban J connectivity index is 1.54. The molecule has 4 aromatic rings. The first-order valence-electron chi connectivity index (χ1n) is 14.0. The van der Waals surface area contributed by atoms with E-state index in [1.807, 2.05) is 18.2 Å². The molecule has 3 aliphatic carbocycles. The van der Waals surface area contributed by atoms with Crippen molar-refractivity contribution in [3.8, 4) is 0 Å². The lowest BCUT2D eigenvalue weighted by molar-refractivity contribution is -0.107. The molecular weight excluding hydrogens is 614 g/mol. The van der Waals surface area contributed by atoms with Gasteiger partial charge in [-0.3, -0.25) is 28.5 Å². The van der Waals surface area contributed by atoms with Crippen molar-refractivity contribution in [3.63, 3.8) is 0 Å². The molecule has 4 N–H and O–H groups in total. The molecule has 1 atom stereocenters.